The molecule has 12 heteroatoms. The van der Waals surface area contributed by atoms with Crippen LogP contribution < -0.4 is 5.32 Å². The molecule has 0 fully saturated rings. The predicted octanol–water partition coefficient (Wildman–Crippen LogP) is 4.51. The quantitative estimate of drug-likeness (QED) is 0.564. The highest BCUT2D eigenvalue weighted by atomic mass is 35.5. The third-order valence-electron chi connectivity index (χ3n) is 2.89. The molecular weight excluding hydrogens is 410 g/mol. The molecule has 0 aliphatic heterocycles. The Morgan fingerprint density at radius 1 is 1.22 bits per heavy atom. The van der Waals surface area contributed by atoms with Crippen molar-refractivity contribution in [1.29, 1.82) is 5.26 Å². The minimum absolute atomic E-state index is 0.325. The van der Waals surface area contributed by atoms with Crippen LogP contribution in [-0.2, 0) is 4.79 Å². The second-order valence-electron chi connectivity index (χ2n) is 4.86. The SMILES string of the molecule is N#Cc1ccc2[nH]nc(Nc3cc(Cl)cc(Cl)c3)c2n1.O=C(O)C(F)(F)F. The number of pyridine rings is 1. The number of carboxylic acids is 1. The van der Waals surface area contributed by atoms with Crippen molar-refractivity contribution < 1.29 is 23.1 Å². The Morgan fingerprint density at radius 3 is 2.33 bits per heavy atom. The van der Waals surface area contributed by atoms with Crippen molar-refractivity contribution in [3.05, 3.63) is 46.1 Å². The molecule has 0 bridgehead atoms. The molecule has 3 aromatic rings. The van der Waals surface area contributed by atoms with Gasteiger partial charge in [-0.05, 0) is 30.3 Å². The summed E-state index contributed by atoms with van der Waals surface area (Å²) < 4.78 is 31.7. The first-order chi connectivity index (χ1) is 12.6. The molecule has 0 radical (unpaired) electrons. The number of nitrogens with zero attached hydrogens (tertiary/aromatic N) is 3. The van der Waals surface area contributed by atoms with Crippen LogP contribution in [0.4, 0.5) is 24.7 Å². The monoisotopic (exact) mass is 417 g/mol. The first-order valence-corrected chi connectivity index (χ1v) is 7.64. The Hall–Kier alpha value is -3.03. The third kappa shape index (κ3) is 5.47. The number of alkyl halides is 3. The van der Waals surface area contributed by atoms with Gasteiger partial charge in [-0.25, -0.2) is 9.78 Å². The second kappa shape index (κ2) is 8.11. The van der Waals surface area contributed by atoms with Gasteiger partial charge in [0.1, 0.15) is 17.3 Å². The maximum absolute atomic E-state index is 10.6. The van der Waals surface area contributed by atoms with Crippen LogP contribution in [0, 0.1) is 11.3 Å². The number of nitrogens with one attached hydrogen (secondary N) is 2. The number of H-pyrrole nitrogens is 1. The number of aromatic nitrogens is 3. The number of carbonyl (C=O) groups is 1. The first-order valence-electron chi connectivity index (χ1n) is 6.88. The number of fused-ring (bicyclic) bond motifs is 1. The number of anilines is 2. The van der Waals surface area contributed by atoms with Crippen molar-refractivity contribution >= 4 is 51.7 Å². The smallest absolute Gasteiger partial charge is 0.475 e. The van der Waals surface area contributed by atoms with Crippen molar-refractivity contribution in [2.24, 2.45) is 0 Å². The van der Waals surface area contributed by atoms with Gasteiger partial charge in [0.25, 0.3) is 0 Å². The lowest BCUT2D eigenvalue weighted by Crippen LogP contribution is -2.21. The molecule has 0 amide bonds. The average molecular weight is 418 g/mol. The zero-order valence-corrected chi connectivity index (χ0v) is 14.5. The fourth-order valence-corrected chi connectivity index (χ4v) is 2.34. The fourth-order valence-electron chi connectivity index (χ4n) is 1.81. The van der Waals surface area contributed by atoms with Gasteiger partial charge >= 0.3 is 12.1 Å². The molecule has 27 heavy (non-hydrogen) atoms. The van der Waals surface area contributed by atoms with E-state index in [0.717, 1.165) is 5.52 Å². The average Bonchev–Trinajstić information content (AvgIpc) is 2.95. The normalized spacial score (nSPS) is 10.7. The van der Waals surface area contributed by atoms with Crippen LogP contribution in [0.3, 0.4) is 0 Å². The van der Waals surface area contributed by atoms with E-state index in [1.165, 1.54) is 0 Å². The molecule has 0 aliphatic carbocycles. The summed E-state index contributed by atoms with van der Waals surface area (Å²) in [5, 5.41) is 27.1. The van der Waals surface area contributed by atoms with Crippen molar-refractivity contribution in [2.75, 3.05) is 5.32 Å². The summed E-state index contributed by atoms with van der Waals surface area (Å²) >= 11 is 11.9. The molecule has 0 saturated heterocycles. The third-order valence-corrected chi connectivity index (χ3v) is 3.33. The van der Waals surface area contributed by atoms with Gasteiger partial charge in [-0.3, -0.25) is 5.10 Å². The van der Waals surface area contributed by atoms with Gasteiger partial charge in [-0.1, -0.05) is 23.2 Å². The standard InChI is InChI=1S/C13H7Cl2N5.C2HF3O2/c14-7-3-8(15)5-10(4-7)18-13-12-11(19-20-13)2-1-9(6-16)17-12;3-2(4,5)1(6)7/h1-5H,(H2,18,19,20);(H,6,7). The Bertz CT molecular complexity index is 1010. The number of aromatic amines is 1. The second-order valence-corrected chi connectivity index (χ2v) is 5.74. The molecule has 0 spiro atoms. The maximum Gasteiger partial charge on any atom is 0.490 e. The fraction of sp³-hybridized carbons (Fsp3) is 0.0667. The highest BCUT2D eigenvalue weighted by Crippen LogP contribution is 2.27. The van der Waals surface area contributed by atoms with E-state index >= 15 is 0 Å². The highest BCUT2D eigenvalue weighted by molar-refractivity contribution is 6.35. The van der Waals surface area contributed by atoms with Gasteiger partial charge in [-0.15, -0.1) is 0 Å². The van der Waals surface area contributed by atoms with Gasteiger partial charge in [-0.2, -0.15) is 23.5 Å². The highest BCUT2D eigenvalue weighted by Gasteiger charge is 2.38. The summed E-state index contributed by atoms with van der Waals surface area (Å²) in [4.78, 5) is 13.1. The largest absolute Gasteiger partial charge is 0.490 e. The number of carboxylic acid groups (broad SMARTS) is 1. The van der Waals surface area contributed by atoms with Crippen LogP contribution in [0.25, 0.3) is 11.0 Å². The Labute approximate surface area is 159 Å². The number of hydrogen-bond acceptors (Lipinski definition) is 5. The molecule has 2 aromatic heterocycles. The lowest BCUT2D eigenvalue weighted by Gasteiger charge is -2.04. The van der Waals surface area contributed by atoms with E-state index in [2.05, 4.69) is 20.5 Å². The van der Waals surface area contributed by atoms with Gasteiger partial charge < -0.3 is 10.4 Å². The molecular formula is C15H8Cl2F3N5O2. The van der Waals surface area contributed by atoms with Gasteiger partial charge in [0.15, 0.2) is 5.82 Å². The minimum Gasteiger partial charge on any atom is -0.475 e. The van der Waals surface area contributed by atoms with Crippen LogP contribution in [0.1, 0.15) is 5.69 Å². The summed E-state index contributed by atoms with van der Waals surface area (Å²) in [6, 6.07) is 10.5. The number of nitriles is 1. The predicted molar refractivity (Wildman–Crippen MR) is 92.0 cm³/mol. The molecule has 0 saturated carbocycles. The van der Waals surface area contributed by atoms with E-state index in [1.807, 2.05) is 6.07 Å². The Balaban J connectivity index is 0.000000321. The molecule has 2 heterocycles. The van der Waals surface area contributed by atoms with E-state index in [1.54, 1.807) is 30.3 Å². The number of aliphatic carboxylic acids is 1. The van der Waals surface area contributed by atoms with Crippen LogP contribution in [0.15, 0.2) is 30.3 Å². The van der Waals surface area contributed by atoms with Gasteiger partial charge in [0, 0.05) is 15.7 Å². The van der Waals surface area contributed by atoms with Crippen molar-refractivity contribution in [3.8, 4) is 6.07 Å². The lowest BCUT2D eigenvalue weighted by atomic mass is 10.3. The molecule has 3 rings (SSSR count). The zero-order valence-electron chi connectivity index (χ0n) is 13.0. The van der Waals surface area contributed by atoms with Crippen LogP contribution in [0.5, 0.6) is 0 Å². The van der Waals surface area contributed by atoms with E-state index in [9.17, 15) is 13.2 Å². The van der Waals surface area contributed by atoms with Crippen molar-refractivity contribution in [3.63, 3.8) is 0 Å². The summed E-state index contributed by atoms with van der Waals surface area (Å²) in [7, 11) is 0. The molecule has 1 aromatic carbocycles. The van der Waals surface area contributed by atoms with Crippen molar-refractivity contribution in [1.82, 2.24) is 15.2 Å². The molecule has 0 unspecified atom stereocenters. The summed E-state index contributed by atoms with van der Waals surface area (Å²) in [6.45, 7) is 0. The van der Waals surface area contributed by atoms with Crippen LogP contribution in [-0.4, -0.2) is 32.4 Å². The maximum atomic E-state index is 10.6. The van der Waals surface area contributed by atoms with Crippen molar-refractivity contribution in [2.45, 2.75) is 6.18 Å². The first kappa shape index (κ1) is 20.3. The molecule has 0 aliphatic rings. The van der Waals surface area contributed by atoms with E-state index in [0.29, 0.717) is 32.8 Å². The zero-order chi connectivity index (χ0) is 20.2. The Morgan fingerprint density at radius 2 is 1.81 bits per heavy atom. The number of rotatable bonds is 2. The Kier molecular flexibility index (Phi) is 6.09. The van der Waals surface area contributed by atoms with E-state index in [-0.39, 0.29) is 0 Å². The lowest BCUT2D eigenvalue weighted by molar-refractivity contribution is -0.192. The summed E-state index contributed by atoms with van der Waals surface area (Å²) in [5.41, 5.74) is 2.34. The van der Waals surface area contributed by atoms with Crippen LogP contribution >= 0.6 is 23.2 Å². The summed E-state index contributed by atoms with van der Waals surface area (Å²) in [6.07, 6.45) is -5.08. The van der Waals surface area contributed by atoms with Crippen LogP contribution in [0.2, 0.25) is 10.0 Å². The molecule has 140 valence electrons. The molecule has 3 N–H and O–H groups in total. The minimum atomic E-state index is -5.08. The number of benzene rings is 1. The molecule has 0 atom stereocenters. The van der Waals surface area contributed by atoms with E-state index in [4.69, 9.17) is 38.4 Å². The number of hydrogen-bond donors (Lipinski definition) is 3. The topological polar surface area (TPSA) is 115 Å². The summed E-state index contributed by atoms with van der Waals surface area (Å²) in [5.74, 6) is -2.25. The van der Waals surface area contributed by atoms with Gasteiger partial charge in [0.2, 0.25) is 0 Å². The molecule has 7 nitrogen and oxygen atoms in total. The number of halogens is 5. The van der Waals surface area contributed by atoms with E-state index < -0.39 is 12.1 Å². The van der Waals surface area contributed by atoms with Gasteiger partial charge in [0.05, 0.1) is 5.52 Å².